The first-order valence-electron chi connectivity index (χ1n) is 10.7. The third-order valence-electron chi connectivity index (χ3n) is 5.84. The third-order valence-corrected chi connectivity index (χ3v) is 6.93. The average Bonchev–Trinajstić information content (AvgIpc) is 3.28. The van der Waals surface area contributed by atoms with E-state index in [0.717, 1.165) is 40.4 Å². The van der Waals surface area contributed by atoms with E-state index >= 15 is 0 Å². The first kappa shape index (κ1) is 22.0. The minimum atomic E-state index is -0.261. The Morgan fingerprint density at radius 2 is 1.81 bits per heavy atom. The average molecular weight is 450 g/mol. The van der Waals surface area contributed by atoms with E-state index in [1.54, 1.807) is 0 Å². The predicted molar refractivity (Wildman–Crippen MR) is 128 cm³/mol. The molecular weight excluding hydrogens is 422 g/mol. The number of aromatic nitrogens is 2. The highest BCUT2D eigenvalue weighted by Crippen LogP contribution is 2.30. The molecule has 1 atom stereocenters. The lowest BCUT2D eigenvalue weighted by Crippen LogP contribution is -2.41. The Kier molecular flexibility index (Phi) is 6.50. The number of likely N-dealkylation sites (tertiary alicyclic amines) is 1. The van der Waals surface area contributed by atoms with Gasteiger partial charge in [0.2, 0.25) is 5.01 Å². The highest BCUT2D eigenvalue weighted by Gasteiger charge is 2.28. The molecule has 4 rings (SSSR count). The monoisotopic (exact) mass is 449 g/mol. The maximum absolute atomic E-state index is 12.8. The lowest BCUT2D eigenvalue weighted by atomic mass is 9.99. The highest BCUT2D eigenvalue weighted by molar-refractivity contribution is 7.13. The summed E-state index contributed by atoms with van der Waals surface area (Å²) in [6.45, 7) is 7.29. The molecule has 1 aromatic heterocycles. The van der Waals surface area contributed by atoms with Crippen molar-refractivity contribution in [3.05, 3.63) is 69.2 Å². The number of aryl methyl sites for hydroxylation is 3. The standard InChI is InChI=1S/C24H27N5O2S/c1-15-10-11-19(13-17(15)3)25-24(31)29-12-6-8-18(14-29)22-27-28-23(32-22)21(30)26-20-9-5-4-7-16(20)2/h4-5,7,9-11,13,18H,6,8,12,14H2,1-3H3,(H,25,31)(H,26,30). The number of urea groups is 1. The number of piperidine rings is 1. The Labute approximate surface area is 191 Å². The van der Waals surface area contributed by atoms with Crippen molar-refractivity contribution >= 4 is 34.6 Å². The largest absolute Gasteiger partial charge is 0.324 e. The molecule has 0 saturated carbocycles. The summed E-state index contributed by atoms with van der Waals surface area (Å²) in [6.07, 6.45) is 1.80. The second-order valence-electron chi connectivity index (χ2n) is 8.23. The Morgan fingerprint density at radius 1 is 1.00 bits per heavy atom. The number of anilines is 2. The number of carbonyl (C=O) groups is 2. The van der Waals surface area contributed by atoms with Crippen LogP contribution >= 0.6 is 11.3 Å². The van der Waals surface area contributed by atoms with Crippen molar-refractivity contribution in [2.24, 2.45) is 0 Å². The fourth-order valence-corrected chi connectivity index (χ4v) is 4.63. The van der Waals surface area contributed by atoms with Crippen LogP contribution in [-0.2, 0) is 0 Å². The van der Waals surface area contributed by atoms with Gasteiger partial charge in [-0.2, -0.15) is 0 Å². The summed E-state index contributed by atoms with van der Waals surface area (Å²) in [7, 11) is 0. The molecule has 1 unspecified atom stereocenters. The summed E-state index contributed by atoms with van der Waals surface area (Å²) < 4.78 is 0. The van der Waals surface area contributed by atoms with Crippen molar-refractivity contribution in [3.8, 4) is 0 Å². The number of carbonyl (C=O) groups excluding carboxylic acids is 2. The van der Waals surface area contributed by atoms with Crippen LogP contribution < -0.4 is 10.6 Å². The zero-order chi connectivity index (χ0) is 22.7. The molecule has 2 N–H and O–H groups in total. The van der Waals surface area contributed by atoms with Crippen molar-refractivity contribution in [2.75, 3.05) is 23.7 Å². The maximum atomic E-state index is 12.8. The van der Waals surface area contributed by atoms with Crippen LogP contribution in [0.15, 0.2) is 42.5 Å². The van der Waals surface area contributed by atoms with E-state index in [4.69, 9.17) is 0 Å². The topological polar surface area (TPSA) is 87.2 Å². The zero-order valence-corrected chi connectivity index (χ0v) is 19.3. The van der Waals surface area contributed by atoms with E-state index in [0.29, 0.717) is 18.1 Å². The second-order valence-corrected chi connectivity index (χ2v) is 9.24. The quantitative estimate of drug-likeness (QED) is 0.578. The number of para-hydroxylation sites is 1. The van der Waals surface area contributed by atoms with Crippen LogP contribution in [0.4, 0.5) is 16.2 Å². The Hall–Kier alpha value is -3.26. The van der Waals surface area contributed by atoms with Gasteiger partial charge in [-0.15, -0.1) is 10.2 Å². The van der Waals surface area contributed by atoms with E-state index in [1.807, 2.05) is 68.1 Å². The van der Waals surface area contributed by atoms with Crippen LogP contribution in [0, 0.1) is 20.8 Å². The minimum Gasteiger partial charge on any atom is -0.324 e. The molecule has 0 spiro atoms. The van der Waals surface area contributed by atoms with Gasteiger partial charge in [-0.25, -0.2) is 4.79 Å². The molecule has 2 heterocycles. The summed E-state index contributed by atoms with van der Waals surface area (Å²) in [6, 6.07) is 13.4. The molecule has 1 fully saturated rings. The smallest absolute Gasteiger partial charge is 0.321 e. The number of hydrogen-bond acceptors (Lipinski definition) is 5. The van der Waals surface area contributed by atoms with Gasteiger partial charge in [-0.3, -0.25) is 4.79 Å². The van der Waals surface area contributed by atoms with Gasteiger partial charge >= 0.3 is 6.03 Å². The molecule has 1 aliphatic rings. The van der Waals surface area contributed by atoms with Gasteiger partial charge in [0.05, 0.1) is 0 Å². The van der Waals surface area contributed by atoms with Gasteiger partial charge in [0.15, 0.2) is 0 Å². The van der Waals surface area contributed by atoms with Crippen LogP contribution in [-0.4, -0.2) is 40.1 Å². The van der Waals surface area contributed by atoms with Gasteiger partial charge in [0, 0.05) is 30.4 Å². The molecule has 0 radical (unpaired) electrons. The molecule has 2 aromatic carbocycles. The lowest BCUT2D eigenvalue weighted by molar-refractivity contribution is 0.102. The fraction of sp³-hybridized carbons (Fsp3) is 0.333. The third kappa shape index (κ3) is 4.96. The van der Waals surface area contributed by atoms with Crippen LogP contribution in [0.3, 0.4) is 0 Å². The van der Waals surface area contributed by atoms with E-state index < -0.39 is 0 Å². The molecule has 1 saturated heterocycles. The summed E-state index contributed by atoms with van der Waals surface area (Å²) in [5.41, 5.74) is 4.89. The summed E-state index contributed by atoms with van der Waals surface area (Å²) in [5, 5.41) is 15.4. The number of hydrogen-bond donors (Lipinski definition) is 2. The van der Waals surface area contributed by atoms with E-state index in [1.165, 1.54) is 16.9 Å². The van der Waals surface area contributed by atoms with Gasteiger partial charge in [-0.05, 0) is 68.5 Å². The number of rotatable bonds is 4. The molecule has 7 nitrogen and oxygen atoms in total. The first-order valence-corrected chi connectivity index (χ1v) is 11.6. The maximum Gasteiger partial charge on any atom is 0.321 e. The summed E-state index contributed by atoms with van der Waals surface area (Å²) in [5.74, 6) is -0.185. The Bertz CT molecular complexity index is 1140. The number of benzene rings is 2. The van der Waals surface area contributed by atoms with Crippen LogP contribution in [0.25, 0.3) is 0 Å². The molecule has 8 heteroatoms. The molecule has 1 aliphatic heterocycles. The molecule has 32 heavy (non-hydrogen) atoms. The number of nitrogens with zero attached hydrogens (tertiary/aromatic N) is 3. The van der Waals surface area contributed by atoms with Crippen molar-refractivity contribution in [1.82, 2.24) is 15.1 Å². The van der Waals surface area contributed by atoms with Crippen LogP contribution in [0.5, 0.6) is 0 Å². The second kappa shape index (κ2) is 9.48. The van der Waals surface area contributed by atoms with Gasteiger partial charge in [0.25, 0.3) is 5.91 Å². The zero-order valence-electron chi connectivity index (χ0n) is 18.5. The molecule has 0 bridgehead atoms. The lowest BCUT2D eigenvalue weighted by Gasteiger charge is -2.31. The fourth-order valence-electron chi connectivity index (χ4n) is 3.77. The molecule has 166 valence electrons. The van der Waals surface area contributed by atoms with Gasteiger partial charge in [-0.1, -0.05) is 35.6 Å². The van der Waals surface area contributed by atoms with Gasteiger partial charge in [0.1, 0.15) is 5.01 Å². The van der Waals surface area contributed by atoms with E-state index in [-0.39, 0.29) is 17.9 Å². The van der Waals surface area contributed by atoms with Crippen molar-refractivity contribution < 1.29 is 9.59 Å². The van der Waals surface area contributed by atoms with E-state index in [9.17, 15) is 9.59 Å². The summed E-state index contributed by atoms with van der Waals surface area (Å²) in [4.78, 5) is 27.2. The molecule has 3 aromatic rings. The normalized spacial score (nSPS) is 16.0. The first-order chi connectivity index (χ1) is 15.4. The van der Waals surface area contributed by atoms with Crippen LogP contribution in [0.1, 0.15) is 50.3 Å². The summed E-state index contributed by atoms with van der Waals surface area (Å²) >= 11 is 1.30. The van der Waals surface area contributed by atoms with Crippen molar-refractivity contribution in [3.63, 3.8) is 0 Å². The van der Waals surface area contributed by atoms with E-state index in [2.05, 4.69) is 20.8 Å². The Balaban J connectivity index is 1.39. The molecule has 3 amide bonds. The number of nitrogens with one attached hydrogen (secondary N) is 2. The Morgan fingerprint density at radius 3 is 2.59 bits per heavy atom. The highest BCUT2D eigenvalue weighted by atomic mass is 32.1. The molecule has 0 aliphatic carbocycles. The minimum absolute atomic E-state index is 0.0757. The predicted octanol–water partition coefficient (Wildman–Crippen LogP) is 5.13. The number of amides is 3. The van der Waals surface area contributed by atoms with Crippen LogP contribution in [0.2, 0.25) is 0 Å². The SMILES string of the molecule is Cc1ccc(NC(=O)N2CCCC(c3nnc(C(=O)Nc4ccccc4C)s3)C2)cc1C. The molecular formula is C24H27N5O2S. The van der Waals surface area contributed by atoms with Crippen molar-refractivity contribution in [2.45, 2.75) is 39.5 Å². The van der Waals surface area contributed by atoms with Crippen molar-refractivity contribution in [1.29, 1.82) is 0 Å². The van der Waals surface area contributed by atoms with Gasteiger partial charge < -0.3 is 15.5 Å².